The second kappa shape index (κ2) is 7.46. The van der Waals surface area contributed by atoms with Crippen LogP contribution in [0.2, 0.25) is 5.02 Å². The van der Waals surface area contributed by atoms with Gasteiger partial charge in [0.25, 0.3) is 10.0 Å². The molecule has 0 radical (unpaired) electrons. The summed E-state index contributed by atoms with van der Waals surface area (Å²) in [6.07, 6.45) is 0.281. The predicted molar refractivity (Wildman–Crippen MR) is 90.6 cm³/mol. The van der Waals surface area contributed by atoms with Crippen LogP contribution < -0.4 is 10.0 Å². The molecule has 0 aliphatic rings. The van der Waals surface area contributed by atoms with Gasteiger partial charge in [0.15, 0.2) is 0 Å². The van der Waals surface area contributed by atoms with E-state index in [-0.39, 0.29) is 23.5 Å². The zero-order valence-corrected chi connectivity index (χ0v) is 14.5. The Morgan fingerprint density at radius 1 is 1.17 bits per heavy atom. The van der Waals surface area contributed by atoms with Gasteiger partial charge in [-0.2, -0.15) is 0 Å². The molecule has 4 nitrogen and oxygen atoms in total. The largest absolute Gasteiger partial charge is 0.330 e. The highest BCUT2D eigenvalue weighted by Gasteiger charge is 2.31. The van der Waals surface area contributed by atoms with Crippen LogP contribution in [-0.4, -0.2) is 21.0 Å². The Labute approximate surface area is 144 Å². The fourth-order valence-corrected chi connectivity index (χ4v) is 4.15. The van der Waals surface area contributed by atoms with Crippen molar-refractivity contribution in [3.63, 3.8) is 0 Å². The van der Waals surface area contributed by atoms with Gasteiger partial charge in [-0.1, -0.05) is 11.6 Å². The Bertz CT molecular complexity index is 813. The summed E-state index contributed by atoms with van der Waals surface area (Å²) in [5.41, 5.74) is 5.15. The summed E-state index contributed by atoms with van der Waals surface area (Å²) >= 11 is 5.78. The maximum absolute atomic E-state index is 14.2. The van der Waals surface area contributed by atoms with Crippen molar-refractivity contribution in [3.8, 4) is 0 Å². The van der Waals surface area contributed by atoms with Crippen molar-refractivity contribution in [2.45, 2.75) is 24.3 Å². The second-order valence-electron chi connectivity index (χ2n) is 5.28. The number of rotatable bonds is 6. The average molecular weight is 375 g/mol. The minimum atomic E-state index is -4.12. The van der Waals surface area contributed by atoms with Crippen LogP contribution in [0.1, 0.15) is 13.3 Å². The maximum atomic E-state index is 14.2. The molecule has 1 unspecified atom stereocenters. The molecule has 0 aliphatic heterocycles. The quantitative estimate of drug-likeness (QED) is 0.841. The summed E-state index contributed by atoms with van der Waals surface area (Å²) in [4.78, 5) is -0.0700. The van der Waals surface area contributed by atoms with Gasteiger partial charge in [-0.25, -0.2) is 17.2 Å². The van der Waals surface area contributed by atoms with Crippen LogP contribution in [0.25, 0.3) is 0 Å². The lowest BCUT2D eigenvalue weighted by Gasteiger charge is -2.30. The summed E-state index contributed by atoms with van der Waals surface area (Å²) in [5.74, 6) is -1.57. The zero-order chi connectivity index (χ0) is 17.9. The lowest BCUT2D eigenvalue weighted by Crippen LogP contribution is -2.40. The molecule has 24 heavy (non-hydrogen) atoms. The first kappa shape index (κ1) is 18.6. The third-order valence-corrected chi connectivity index (χ3v) is 5.70. The summed E-state index contributed by atoms with van der Waals surface area (Å²) in [6.45, 7) is 1.79. The zero-order valence-electron chi connectivity index (χ0n) is 12.9. The van der Waals surface area contributed by atoms with Crippen molar-refractivity contribution in [2.75, 3.05) is 10.8 Å². The van der Waals surface area contributed by atoms with Crippen molar-refractivity contribution >= 4 is 27.3 Å². The number of halogens is 3. The fraction of sp³-hybridized carbons (Fsp3) is 0.250. The minimum Gasteiger partial charge on any atom is -0.330 e. The van der Waals surface area contributed by atoms with Gasteiger partial charge in [0.05, 0.1) is 10.6 Å². The van der Waals surface area contributed by atoms with Crippen molar-refractivity contribution in [1.82, 2.24) is 0 Å². The van der Waals surface area contributed by atoms with Crippen LogP contribution >= 0.6 is 11.6 Å². The molecule has 0 bridgehead atoms. The Balaban J connectivity index is 2.61. The van der Waals surface area contributed by atoms with E-state index in [1.54, 1.807) is 6.92 Å². The normalized spacial score (nSPS) is 12.9. The highest BCUT2D eigenvalue weighted by atomic mass is 35.5. The van der Waals surface area contributed by atoms with Gasteiger partial charge < -0.3 is 5.73 Å². The van der Waals surface area contributed by atoms with E-state index in [0.29, 0.717) is 5.02 Å². The van der Waals surface area contributed by atoms with E-state index < -0.39 is 27.7 Å². The molecule has 0 spiro atoms. The van der Waals surface area contributed by atoms with Crippen LogP contribution in [0.15, 0.2) is 47.4 Å². The highest BCUT2D eigenvalue weighted by molar-refractivity contribution is 7.92. The van der Waals surface area contributed by atoms with E-state index in [0.717, 1.165) is 22.5 Å². The van der Waals surface area contributed by atoms with E-state index in [2.05, 4.69) is 0 Å². The van der Waals surface area contributed by atoms with E-state index in [1.165, 1.54) is 24.3 Å². The molecule has 2 aromatic carbocycles. The molecule has 2 N–H and O–H groups in total. The molecule has 2 rings (SSSR count). The van der Waals surface area contributed by atoms with Gasteiger partial charge in [0.1, 0.15) is 11.6 Å². The maximum Gasteiger partial charge on any atom is 0.264 e. The SMILES string of the molecule is CC(CCN)N(c1cc(F)ccc1F)S(=O)(=O)c1ccc(Cl)cc1. The number of hydrogen-bond donors (Lipinski definition) is 1. The Kier molecular flexibility index (Phi) is 5.79. The van der Waals surface area contributed by atoms with Crippen LogP contribution in [0, 0.1) is 11.6 Å². The molecule has 0 heterocycles. The molecule has 2 aromatic rings. The predicted octanol–water partition coefficient (Wildman–Crippen LogP) is 3.55. The molecule has 130 valence electrons. The first-order chi connectivity index (χ1) is 11.3. The van der Waals surface area contributed by atoms with Crippen molar-refractivity contribution in [1.29, 1.82) is 0 Å². The van der Waals surface area contributed by atoms with Crippen LogP contribution in [-0.2, 0) is 10.0 Å². The molecular weight excluding hydrogens is 358 g/mol. The lowest BCUT2D eigenvalue weighted by atomic mass is 10.2. The summed E-state index contributed by atoms with van der Waals surface area (Å²) < 4.78 is 54.6. The third-order valence-electron chi connectivity index (χ3n) is 3.50. The van der Waals surface area contributed by atoms with Crippen LogP contribution in [0.4, 0.5) is 14.5 Å². The van der Waals surface area contributed by atoms with Crippen LogP contribution in [0.5, 0.6) is 0 Å². The second-order valence-corrected chi connectivity index (χ2v) is 7.53. The summed E-state index contributed by atoms with van der Waals surface area (Å²) in [7, 11) is -4.12. The molecular formula is C16H17ClF2N2O2S. The van der Waals surface area contributed by atoms with Gasteiger partial charge in [0.2, 0.25) is 0 Å². The molecule has 0 aromatic heterocycles. The van der Waals surface area contributed by atoms with E-state index in [9.17, 15) is 17.2 Å². The van der Waals surface area contributed by atoms with Crippen molar-refractivity contribution in [3.05, 3.63) is 59.1 Å². The van der Waals surface area contributed by atoms with Crippen molar-refractivity contribution in [2.24, 2.45) is 5.73 Å². The summed E-state index contributed by atoms with van der Waals surface area (Å²) in [5, 5.41) is 0.368. The van der Waals surface area contributed by atoms with E-state index >= 15 is 0 Å². The van der Waals surface area contributed by atoms with E-state index in [4.69, 9.17) is 17.3 Å². The number of benzene rings is 2. The minimum absolute atomic E-state index is 0.0700. The molecule has 0 saturated heterocycles. The van der Waals surface area contributed by atoms with Gasteiger partial charge in [-0.3, -0.25) is 4.31 Å². The first-order valence-electron chi connectivity index (χ1n) is 7.22. The van der Waals surface area contributed by atoms with E-state index in [1.807, 2.05) is 0 Å². The number of nitrogens with two attached hydrogens (primary N) is 1. The Morgan fingerprint density at radius 3 is 2.38 bits per heavy atom. The third kappa shape index (κ3) is 3.85. The molecule has 0 fully saturated rings. The molecule has 1 atom stereocenters. The molecule has 0 aliphatic carbocycles. The Morgan fingerprint density at radius 2 is 1.79 bits per heavy atom. The standard InChI is InChI=1S/C16H17ClF2N2O2S/c1-11(8-9-20)21(16-10-13(18)4-7-15(16)19)24(22,23)14-5-2-12(17)3-6-14/h2-7,10-11H,8-9,20H2,1H3. The van der Waals surface area contributed by atoms with Crippen molar-refractivity contribution < 1.29 is 17.2 Å². The van der Waals surface area contributed by atoms with Crippen LogP contribution in [0.3, 0.4) is 0 Å². The summed E-state index contributed by atoms with van der Waals surface area (Å²) in [6, 6.07) is 7.49. The first-order valence-corrected chi connectivity index (χ1v) is 9.04. The average Bonchev–Trinajstić information content (AvgIpc) is 2.51. The molecule has 8 heteroatoms. The van der Waals surface area contributed by atoms with Gasteiger partial charge >= 0.3 is 0 Å². The Hall–Kier alpha value is -1.70. The lowest BCUT2D eigenvalue weighted by molar-refractivity contribution is 0.560. The smallest absolute Gasteiger partial charge is 0.264 e. The number of anilines is 1. The number of sulfonamides is 1. The monoisotopic (exact) mass is 374 g/mol. The molecule has 0 saturated carbocycles. The van der Waals surface area contributed by atoms with Gasteiger partial charge in [-0.15, -0.1) is 0 Å². The van der Waals surface area contributed by atoms with Gasteiger partial charge in [0, 0.05) is 17.1 Å². The topological polar surface area (TPSA) is 63.4 Å². The fourth-order valence-electron chi connectivity index (χ4n) is 2.34. The molecule has 0 amide bonds. The highest BCUT2D eigenvalue weighted by Crippen LogP contribution is 2.30. The van der Waals surface area contributed by atoms with Gasteiger partial charge in [-0.05, 0) is 56.3 Å². The number of hydrogen-bond acceptors (Lipinski definition) is 3. The number of nitrogens with zero attached hydrogens (tertiary/aromatic N) is 1.